The summed E-state index contributed by atoms with van der Waals surface area (Å²) in [7, 11) is 0. The maximum absolute atomic E-state index is 12.3. The van der Waals surface area contributed by atoms with Crippen molar-refractivity contribution in [2.45, 2.75) is 44.9 Å². The Balaban J connectivity index is 1.47. The molecule has 1 heterocycles. The molecule has 3 rings (SSSR count). The highest BCUT2D eigenvalue weighted by Gasteiger charge is 2.15. The zero-order valence-corrected chi connectivity index (χ0v) is 22.8. The molecule has 2 N–H and O–H groups in total. The van der Waals surface area contributed by atoms with Crippen molar-refractivity contribution in [3.63, 3.8) is 0 Å². The third-order valence-corrected chi connectivity index (χ3v) is 7.21. The Morgan fingerprint density at radius 1 is 1.14 bits per heavy atom. The van der Waals surface area contributed by atoms with Gasteiger partial charge in [-0.05, 0) is 64.7 Å². The number of aromatic nitrogens is 3. The zero-order valence-electron chi connectivity index (χ0n) is 19.7. The largest absolute Gasteiger partial charge is 0.484 e. The summed E-state index contributed by atoms with van der Waals surface area (Å²) in [6.07, 6.45) is 0. The van der Waals surface area contributed by atoms with E-state index in [0.29, 0.717) is 39.9 Å². The molecule has 11 heteroatoms. The van der Waals surface area contributed by atoms with Gasteiger partial charge >= 0.3 is 0 Å². The number of carbonyl (C=O) groups excluding carboxylic acids is 2. The molecule has 0 aliphatic carbocycles. The van der Waals surface area contributed by atoms with Crippen LogP contribution in [0.2, 0.25) is 5.02 Å². The molecule has 0 aliphatic rings. The third kappa shape index (κ3) is 7.98. The summed E-state index contributed by atoms with van der Waals surface area (Å²) in [5.74, 6) is 1.39. The van der Waals surface area contributed by atoms with Crippen molar-refractivity contribution in [3.05, 3.63) is 63.3 Å². The third-order valence-electron chi connectivity index (χ3n) is 5.01. The van der Waals surface area contributed by atoms with Crippen molar-refractivity contribution in [3.8, 4) is 5.75 Å². The van der Waals surface area contributed by atoms with E-state index in [0.717, 1.165) is 4.47 Å². The van der Waals surface area contributed by atoms with E-state index in [4.69, 9.17) is 16.3 Å². The molecule has 35 heavy (non-hydrogen) atoms. The van der Waals surface area contributed by atoms with Crippen LogP contribution in [0.4, 0.5) is 5.69 Å². The van der Waals surface area contributed by atoms with Crippen molar-refractivity contribution < 1.29 is 14.3 Å². The number of anilines is 1. The van der Waals surface area contributed by atoms with Crippen molar-refractivity contribution in [2.24, 2.45) is 0 Å². The van der Waals surface area contributed by atoms with Crippen LogP contribution in [0, 0.1) is 0 Å². The Kier molecular flexibility index (Phi) is 10.00. The van der Waals surface area contributed by atoms with E-state index in [2.05, 4.69) is 50.6 Å². The monoisotopic (exact) mass is 579 g/mol. The van der Waals surface area contributed by atoms with E-state index in [1.807, 2.05) is 35.8 Å². The topological polar surface area (TPSA) is 98.1 Å². The highest BCUT2D eigenvalue weighted by Crippen LogP contribution is 2.26. The maximum atomic E-state index is 12.3. The molecule has 0 unspecified atom stereocenters. The first kappa shape index (κ1) is 27.0. The summed E-state index contributed by atoms with van der Waals surface area (Å²) < 4.78 is 8.19. The van der Waals surface area contributed by atoms with Crippen molar-refractivity contribution in [2.75, 3.05) is 17.7 Å². The lowest BCUT2D eigenvalue weighted by molar-refractivity contribution is -0.123. The van der Waals surface area contributed by atoms with E-state index in [1.54, 1.807) is 18.2 Å². The number of hydrogen-bond donors (Lipinski definition) is 2. The lowest BCUT2D eigenvalue weighted by atomic mass is 10.0. The summed E-state index contributed by atoms with van der Waals surface area (Å²) >= 11 is 10.7. The van der Waals surface area contributed by atoms with Gasteiger partial charge in [0.25, 0.3) is 5.91 Å². The highest BCUT2D eigenvalue weighted by molar-refractivity contribution is 9.10. The second kappa shape index (κ2) is 12.9. The molecule has 0 bridgehead atoms. The molecule has 0 radical (unpaired) electrons. The highest BCUT2D eigenvalue weighted by atomic mass is 79.9. The summed E-state index contributed by atoms with van der Waals surface area (Å²) in [6, 6.07) is 12.9. The number of amides is 2. The Labute approximate surface area is 222 Å². The molecule has 0 saturated heterocycles. The summed E-state index contributed by atoms with van der Waals surface area (Å²) in [5, 5.41) is 15.1. The van der Waals surface area contributed by atoms with Crippen LogP contribution >= 0.6 is 39.3 Å². The van der Waals surface area contributed by atoms with Gasteiger partial charge in [-0.15, -0.1) is 10.2 Å². The summed E-state index contributed by atoms with van der Waals surface area (Å²) in [4.78, 5) is 24.6. The van der Waals surface area contributed by atoms with Gasteiger partial charge in [-0.2, -0.15) is 0 Å². The molecule has 0 saturated carbocycles. The standard InChI is InChI=1S/C24H27BrClN5O3S/c1-4-31-21(12-27-22(32)13-34-18-8-5-16(6-9-18)15(2)3)29-30-24(31)35-14-23(33)28-17-7-10-19(25)20(26)11-17/h5-11,15H,4,12-14H2,1-3H3,(H,27,32)(H,28,33). The van der Waals surface area contributed by atoms with Gasteiger partial charge in [-0.25, -0.2) is 0 Å². The predicted molar refractivity (Wildman–Crippen MR) is 142 cm³/mol. The molecule has 0 spiro atoms. The molecule has 2 amide bonds. The number of nitrogens with zero attached hydrogens (tertiary/aromatic N) is 3. The number of halogens is 2. The normalized spacial score (nSPS) is 10.9. The number of ether oxygens (including phenoxy) is 1. The van der Waals surface area contributed by atoms with Gasteiger partial charge in [0.1, 0.15) is 5.75 Å². The minimum Gasteiger partial charge on any atom is -0.484 e. The molecule has 0 atom stereocenters. The van der Waals surface area contributed by atoms with E-state index >= 15 is 0 Å². The number of nitrogens with one attached hydrogen (secondary N) is 2. The number of rotatable bonds is 11. The first-order valence-electron chi connectivity index (χ1n) is 11.1. The van der Waals surface area contributed by atoms with Gasteiger partial charge in [-0.1, -0.05) is 49.3 Å². The van der Waals surface area contributed by atoms with Crippen LogP contribution in [0.5, 0.6) is 5.75 Å². The van der Waals surface area contributed by atoms with Gasteiger partial charge < -0.3 is 19.9 Å². The van der Waals surface area contributed by atoms with Gasteiger partial charge in [0.05, 0.1) is 17.3 Å². The lowest BCUT2D eigenvalue weighted by Crippen LogP contribution is -2.29. The second-order valence-electron chi connectivity index (χ2n) is 7.90. The van der Waals surface area contributed by atoms with Crippen LogP contribution < -0.4 is 15.4 Å². The molecule has 0 aliphatic heterocycles. The number of benzene rings is 2. The molecule has 1 aromatic heterocycles. The first-order valence-corrected chi connectivity index (χ1v) is 13.2. The fourth-order valence-corrected chi connectivity index (χ4v) is 4.35. The minimum absolute atomic E-state index is 0.0941. The maximum Gasteiger partial charge on any atom is 0.258 e. The quantitative estimate of drug-likeness (QED) is 0.300. The molecule has 186 valence electrons. The first-order chi connectivity index (χ1) is 16.8. The fraction of sp³-hybridized carbons (Fsp3) is 0.333. The van der Waals surface area contributed by atoms with Gasteiger partial charge in [0, 0.05) is 16.7 Å². The number of carbonyl (C=O) groups is 2. The lowest BCUT2D eigenvalue weighted by Gasteiger charge is -2.10. The van der Waals surface area contributed by atoms with Crippen LogP contribution in [-0.4, -0.2) is 38.9 Å². The van der Waals surface area contributed by atoms with Crippen molar-refractivity contribution in [1.82, 2.24) is 20.1 Å². The fourth-order valence-electron chi connectivity index (χ4n) is 3.10. The van der Waals surface area contributed by atoms with E-state index in [1.165, 1.54) is 17.3 Å². The molecule has 8 nitrogen and oxygen atoms in total. The zero-order chi connectivity index (χ0) is 25.4. The minimum atomic E-state index is -0.259. The average molecular weight is 581 g/mol. The SMILES string of the molecule is CCn1c(CNC(=O)COc2ccc(C(C)C)cc2)nnc1SCC(=O)Nc1ccc(Br)c(Cl)c1. The van der Waals surface area contributed by atoms with Crippen LogP contribution in [0.15, 0.2) is 52.1 Å². The Morgan fingerprint density at radius 2 is 1.89 bits per heavy atom. The number of hydrogen-bond acceptors (Lipinski definition) is 6. The Hall–Kier alpha value is -2.56. The molecular formula is C24H27BrClN5O3S. The summed E-state index contributed by atoms with van der Waals surface area (Å²) in [6.45, 7) is 6.91. The number of thioether (sulfide) groups is 1. The molecular weight excluding hydrogens is 554 g/mol. The molecule has 0 fully saturated rings. The van der Waals surface area contributed by atoms with Crippen LogP contribution in [0.3, 0.4) is 0 Å². The van der Waals surface area contributed by atoms with E-state index in [9.17, 15) is 9.59 Å². The van der Waals surface area contributed by atoms with E-state index in [-0.39, 0.29) is 30.7 Å². The average Bonchev–Trinajstić information content (AvgIpc) is 3.24. The van der Waals surface area contributed by atoms with Crippen molar-refractivity contribution >= 4 is 56.8 Å². The van der Waals surface area contributed by atoms with Crippen molar-refractivity contribution in [1.29, 1.82) is 0 Å². The van der Waals surface area contributed by atoms with Gasteiger partial charge in [-0.3, -0.25) is 9.59 Å². The van der Waals surface area contributed by atoms with Gasteiger partial charge in [0.15, 0.2) is 17.6 Å². The van der Waals surface area contributed by atoms with Crippen LogP contribution in [0.25, 0.3) is 0 Å². The van der Waals surface area contributed by atoms with E-state index < -0.39 is 0 Å². The van der Waals surface area contributed by atoms with Crippen LogP contribution in [0.1, 0.15) is 38.1 Å². The summed E-state index contributed by atoms with van der Waals surface area (Å²) in [5.41, 5.74) is 1.83. The smallest absolute Gasteiger partial charge is 0.258 e. The van der Waals surface area contributed by atoms with Crippen LogP contribution in [-0.2, 0) is 22.7 Å². The Bertz CT molecular complexity index is 1170. The predicted octanol–water partition coefficient (Wildman–Crippen LogP) is 5.26. The molecule has 2 aromatic carbocycles. The Morgan fingerprint density at radius 3 is 2.54 bits per heavy atom. The molecule has 3 aromatic rings. The van der Waals surface area contributed by atoms with Gasteiger partial charge in [0.2, 0.25) is 5.91 Å². The second-order valence-corrected chi connectivity index (χ2v) is 10.1.